The molecule has 0 aliphatic carbocycles. The highest BCUT2D eigenvalue weighted by Gasteiger charge is 2.05. The average molecular weight is 337 g/mol. The minimum Gasteiger partial charge on any atom is -0.496 e. The van der Waals surface area contributed by atoms with Crippen molar-refractivity contribution in [2.45, 2.75) is 6.42 Å². The van der Waals surface area contributed by atoms with Crippen molar-refractivity contribution in [3.63, 3.8) is 0 Å². The number of nitrogens with one attached hydrogen (secondary N) is 1. The Morgan fingerprint density at radius 2 is 2.10 bits per heavy atom. The predicted octanol–water partition coefficient (Wildman–Crippen LogP) is 2.68. The molecule has 1 aromatic heterocycles. The molecule has 3 N–H and O–H groups in total. The lowest BCUT2D eigenvalue weighted by molar-refractivity contribution is 0.412. The van der Waals surface area contributed by atoms with Crippen molar-refractivity contribution >= 4 is 21.7 Å². The minimum atomic E-state index is 0.665. The second-order valence-corrected chi connectivity index (χ2v) is 5.08. The van der Waals surface area contributed by atoms with Gasteiger partial charge in [0.05, 0.1) is 17.3 Å². The molecule has 0 spiro atoms. The number of nitrogens with zero attached hydrogens (tertiary/aromatic N) is 2. The quantitative estimate of drug-likeness (QED) is 0.793. The summed E-state index contributed by atoms with van der Waals surface area (Å²) in [5.74, 6) is 1.55. The van der Waals surface area contributed by atoms with E-state index >= 15 is 0 Å². The van der Waals surface area contributed by atoms with E-state index in [1.165, 1.54) is 0 Å². The second kappa shape index (κ2) is 7.21. The van der Waals surface area contributed by atoms with E-state index in [2.05, 4.69) is 31.4 Å². The highest BCUT2D eigenvalue weighted by atomic mass is 79.9. The molecule has 5 nitrogen and oxygen atoms in total. The topological polar surface area (TPSA) is 73.1 Å². The first-order chi connectivity index (χ1) is 9.74. The number of nitrogens with two attached hydrogens (primary N) is 1. The van der Waals surface area contributed by atoms with Crippen LogP contribution in [0.25, 0.3) is 11.3 Å². The molecule has 0 fully saturated rings. The van der Waals surface area contributed by atoms with Crippen molar-refractivity contribution in [2.24, 2.45) is 5.73 Å². The Morgan fingerprint density at radius 1 is 1.25 bits per heavy atom. The molecule has 1 aromatic carbocycles. The van der Waals surface area contributed by atoms with Crippen molar-refractivity contribution in [1.29, 1.82) is 0 Å². The molecule has 106 valence electrons. The van der Waals surface area contributed by atoms with Gasteiger partial charge in [0.25, 0.3) is 0 Å². The van der Waals surface area contributed by atoms with Crippen LogP contribution >= 0.6 is 15.9 Å². The number of anilines is 1. The lowest BCUT2D eigenvalue weighted by atomic mass is 10.1. The van der Waals surface area contributed by atoms with Crippen LogP contribution in [0.2, 0.25) is 0 Å². The third-order valence-corrected chi connectivity index (χ3v) is 3.42. The summed E-state index contributed by atoms with van der Waals surface area (Å²) in [7, 11) is 1.64. The molecule has 0 saturated heterocycles. The first-order valence-corrected chi connectivity index (χ1v) is 7.15. The fourth-order valence-corrected chi connectivity index (χ4v) is 2.27. The number of rotatable bonds is 6. The monoisotopic (exact) mass is 336 g/mol. The Kier molecular flexibility index (Phi) is 5.31. The van der Waals surface area contributed by atoms with Crippen LogP contribution in [-0.2, 0) is 0 Å². The number of hydrogen-bond donors (Lipinski definition) is 2. The highest BCUT2D eigenvalue weighted by Crippen LogP contribution is 2.29. The third kappa shape index (κ3) is 3.68. The van der Waals surface area contributed by atoms with Gasteiger partial charge in [0, 0.05) is 12.1 Å². The Labute approximate surface area is 126 Å². The van der Waals surface area contributed by atoms with Crippen molar-refractivity contribution in [2.75, 3.05) is 25.5 Å². The average Bonchev–Trinajstić information content (AvgIpc) is 2.48. The molecule has 0 atom stereocenters. The molecule has 0 radical (unpaired) electrons. The summed E-state index contributed by atoms with van der Waals surface area (Å²) < 4.78 is 6.10. The second-order valence-electron chi connectivity index (χ2n) is 4.22. The van der Waals surface area contributed by atoms with Crippen molar-refractivity contribution in [3.05, 3.63) is 34.8 Å². The smallest absolute Gasteiger partial charge is 0.148 e. The summed E-state index contributed by atoms with van der Waals surface area (Å²) in [6.45, 7) is 1.47. The molecular weight excluding hydrogens is 320 g/mol. The van der Waals surface area contributed by atoms with Gasteiger partial charge in [0.2, 0.25) is 0 Å². The van der Waals surface area contributed by atoms with E-state index in [0.29, 0.717) is 6.54 Å². The van der Waals surface area contributed by atoms with Crippen LogP contribution < -0.4 is 15.8 Å². The molecule has 0 unspecified atom stereocenters. The Morgan fingerprint density at radius 3 is 2.70 bits per heavy atom. The normalized spacial score (nSPS) is 10.3. The molecule has 2 rings (SSSR count). The summed E-state index contributed by atoms with van der Waals surface area (Å²) in [5, 5.41) is 11.5. The van der Waals surface area contributed by atoms with Gasteiger partial charge in [-0.2, -0.15) is 0 Å². The van der Waals surface area contributed by atoms with Crippen molar-refractivity contribution in [1.82, 2.24) is 10.2 Å². The van der Waals surface area contributed by atoms with Crippen LogP contribution in [-0.4, -0.2) is 30.4 Å². The summed E-state index contributed by atoms with van der Waals surface area (Å²) in [6, 6.07) is 9.66. The SMILES string of the molecule is COc1ccc(-c2ccc(NCCCN)nn2)cc1Br. The fraction of sp³-hybridized carbons (Fsp3) is 0.286. The molecule has 20 heavy (non-hydrogen) atoms. The van der Waals surface area contributed by atoms with Crippen LogP contribution in [0.3, 0.4) is 0 Å². The number of benzene rings is 1. The van der Waals surface area contributed by atoms with Crippen molar-refractivity contribution in [3.8, 4) is 17.0 Å². The zero-order chi connectivity index (χ0) is 14.4. The zero-order valence-corrected chi connectivity index (χ0v) is 12.9. The molecule has 0 aliphatic heterocycles. The van der Waals surface area contributed by atoms with Crippen LogP contribution in [0.4, 0.5) is 5.82 Å². The lowest BCUT2D eigenvalue weighted by Gasteiger charge is -2.07. The minimum absolute atomic E-state index is 0.665. The highest BCUT2D eigenvalue weighted by molar-refractivity contribution is 9.10. The number of hydrogen-bond acceptors (Lipinski definition) is 5. The van der Waals surface area contributed by atoms with E-state index < -0.39 is 0 Å². The van der Waals surface area contributed by atoms with Crippen LogP contribution in [0.15, 0.2) is 34.8 Å². The van der Waals surface area contributed by atoms with Gasteiger partial charge in [-0.3, -0.25) is 0 Å². The van der Waals surface area contributed by atoms with E-state index in [0.717, 1.165) is 40.3 Å². The number of ether oxygens (including phenoxy) is 1. The summed E-state index contributed by atoms with van der Waals surface area (Å²) in [5.41, 5.74) is 7.24. The van der Waals surface area contributed by atoms with Gasteiger partial charge in [-0.25, -0.2) is 0 Å². The molecule has 0 aliphatic rings. The fourth-order valence-electron chi connectivity index (χ4n) is 1.72. The maximum Gasteiger partial charge on any atom is 0.148 e. The Bertz CT molecular complexity index is 560. The van der Waals surface area contributed by atoms with E-state index in [4.69, 9.17) is 10.5 Å². The van der Waals surface area contributed by atoms with Crippen LogP contribution in [0.1, 0.15) is 6.42 Å². The summed E-state index contributed by atoms with van der Waals surface area (Å²) in [4.78, 5) is 0. The summed E-state index contributed by atoms with van der Waals surface area (Å²) >= 11 is 3.46. The van der Waals surface area contributed by atoms with Gasteiger partial charge >= 0.3 is 0 Å². The zero-order valence-electron chi connectivity index (χ0n) is 11.3. The lowest BCUT2D eigenvalue weighted by Crippen LogP contribution is -2.09. The van der Waals surface area contributed by atoms with Gasteiger partial charge in [0.15, 0.2) is 0 Å². The molecule has 0 bridgehead atoms. The molecular formula is C14H17BrN4O. The molecule has 2 aromatic rings. The van der Waals surface area contributed by atoms with Gasteiger partial charge in [-0.1, -0.05) is 0 Å². The van der Waals surface area contributed by atoms with Gasteiger partial charge in [-0.15, -0.1) is 10.2 Å². The third-order valence-electron chi connectivity index (χ3n) is 2.80. The van der Waals surface area contributed by atoms with E-state index in [1.54, 1.807) is 7.11 Å². The van der Waals surface area contributed by atoms with E-state index in [1.807, 2.05) is 30.3 Å². The maximum absolute atomic E-state index is 5.44. The molecule has 0 amide bonds. The largest absolute Gasteiger partial charge is 0.496 e. The van der Waals surface area contributed by atoms with Gasteiger partial charge < -0.3 is 15.8 Å². The molecule has 0 saturated carbocycles. The number of aromatic nitrogens is 2. The Balaban J connectivity index is 2.11. The van der Waals surface area contributed by atoms with Gasteiger partial charge in [0.1, 0.15) is 11.6 Å². The molecule has 1 heterocycles. The van der Waals surface area contributed by atoms with Gasteiger partial charge in [-0.05, 0) is 59.2 Å². The van der Waals surface area contributed by atoms with Crippen LogP contribution in [0, 0.1) is 0 Å². The van der Waals surface area contributed by atoms with Crippen LogP contribution in [0.5, 0.6) is 5.75 Å². The van der Waals surface area contributed by atoms with Crippen molar-refractivity contribution < 1.29 is 4.74 Å². The first-order valence-electron chi connectivity index (χ1n) is 6.36. The number of halogens is 1. The van der Waals surface area contributed by atoms with E-state index in [9.17, 15) is 0 Å². The Hall–Kier alpha value is -1.66. The standard InChI is InChI=1S/C14H17BrN4O/c1-20-13-5-3-10(9-11(13)15)12-4-6-14(19-18-12)17-8-2-7-16/h3-6,9H,2,7-8,16H2,1H3,(H,17,19). The maximum atomic E-state index is 5.44. The predicted molar refractivity (Wildman–Crippen MR) is 83.9 cm³/mol. The summed E-state index contributed by atoms with van der Waals surface area (Å²) in [6.07, 6.45) is 0.912. The molecule has 6 heteroatoms. The number of methoxy groups -OCH3 is 1. The first kappa shape index (κ1) is 14.7. The van der Waals surface area contributed by atoms with E-state index in [-0.39, 0.29) is 0 Å².